The van der Waals surface area contributed by atoms with Gasteiger partial charge < -0.3 is 16.0 Å². The Hall–Kier alpha value is -2.70. The molecule has 0 aliphatic carbocycles. The number of nitrogens with zero attached hydrogens (tertiary/aromatic N) is 3. The number of aromatic hydroxyl groups is 1. The summed E-state index contributed by atoms with van der Waals surface area (Å²) in [6.45, 7) is 0. The Morgan fingerprint density at radius 1 is 1.08 bits per heavy atom. The molecule has 0 spiro atoms. The van der Waals surface area contributed by atoms with Gasteiger partial charge in [0.15, 0.2) is 5.84 Å². The molecule has 3 rings (SSSR count). The third-order valence-corrected chi connectivity index (χ3v) is 4.38. The first-order valence-electron chi connectivity index (χ1n) is 7.22. The van der Waals surface area contributed by atoms with E-state index in [0.717, 1.165) is 5.56 Å². The second kappa shape index (κ2) is 6.66. The highest BCUT2D eigenvalue weighted by molar-refractivity contribution is 6.39. The van der Waals surface area contributed by atoms with Crippen molar-refractivity contribution >= 4 is 29.0 Å². The summed E-state index contributed by atoms with van der Waals surface area (Å²) in [5.74, 6) is 0.0136. The van der Waals surface area contributed by atoms with Crippen molar-refractivity contribution in [3.05, 3.63) is 58.2 Å². The number of rotatable bonds is 3. The zero-order chi connectivity index (χ0) is 18.1. The quantitative estimate of drug-likeness (QED) is 0.279. The van der Waals surface area contributed by atoms with Crippen LogP contribution in [-0.2, 0) is 7.05 Å². The standard InChI is InChI=1S/C17H14Cl2N4O2/c1-23-16(17(20)22-25)14(13-11(18)3-2-4-12(13)19)15(21-23)9-5-7-10(24)8-6-9/h2-8,24-25H,1H3,(H2,20,22). The minimum Gasteiger partial charge on any atom is -0.508 e. The zero-order valence-corrected chi connectivity index (χ0v) is 14.6. The topological polar surface area (TPSA) is 96.7 Å². The molecule has 6 nitrogen and oxygen atoms in total. The molecule has 0 aliphatic rings. The van der Waals surface area contributed by atoms with Gasteiger partial charge in [0.2, 0.25) is 0 Å². The molecule has 0 aliphatic heterocycles. The molecule has 3 aromatic rings. The number of hydrogen-bond donors (Lipinski definition) is 3. The number of benzene rings is 2. The van der Waals surface area contributed by atoms with Crippen LogP contribution in [0.2, 0.25) is 10.0 Å². The third-order valence-electron chi connectivity index (χ3n) is 3.75. The molecule has 4 N–H and O–H groups in total. The van der Waals surface area contributed by atoms with Crippen LogP contribution >= 0.6 is 23.2 Å². The summed E-state index contributed by atoms with van der Waals surface area (Å²) >= 11 is 12.7. The SMILES string of the molecule is Cn1nc(-c2ccc(O)cc2)c(-c2c(Cl)cccc2Cl)c1C(N)=NO. The number of phenols is 1. The third kappa shape index (κ3) is 3.01. The van der Waals surface area contributed by atoms with E-state index in [2.05, 4.69) is 10.3 Å². The number of nitrogens with two attached hydrogens (primary N) is 1. The van der Waals surface area contributed by atoms with E-state index in [1.54, 1.807) is 49.5 Å². The van der Waals surface area contributed by atoms with Crippen molar-refractivity contribution in [2.75, 3.05) is 0 Å². The molecule has 0 bridgehead atoms. The van der Waals surface area contributed by atoms with Crippen molar-refractivity contribution in [2.24, 2.45) is 17.9 Å². The fourth-order valence-corrected chi connectivity index (χ4v) is 3.25. The monoisotopic (exact) mass is 376 g/mol. The largest absolute Gasteiger partial charge is 0.508 e. The Morgan fingerprint density at radius 2 is 1.68 bits per heavy atom. The second-order valence-corrected chi connectivity index (χ2v) is 6.14. The minimum absolute atomic E-state index is 0.119. The Morgan fingerprint density at radius 3 is 2.24 bits per heavy atom. The Bertz CT molecular complexity index is 945. The van der Waals surface area contributed by atoms with Crippen LogP contribution in [0.15, 0.2) is 47.6 Å². The van der Waals surface area contributed by atoms with Gasteiger partial charge in [-0.05, 0) is 36.4 Å². The van der Waals surface area contributed by atoms with Gasteiger partial charge in [-0.15, -0.1) is 0 Å². The molecular weight excluding hydrogens is 363 g/mol. The average molecular weight is 377 g/mol. The van der Waals surface area contributed by atoms with Crippen LogP contribution in [0.3, 0.4) is 0 Å². The van der Waals surface area contributed by atoms with Crippen LogP contribution < -0.4 is 5.73 Å². The Labute approximate surface area is 153 Å². The molecule has 0 fully saturated rings. The van der Waals surface area contributed by atoms with Gasteiger partial charge in [-0.25, -0.2) is 0 Å². The molecule has 0 unspecified atom stereocenters. The maximum absolute atomic E-state index is 9.52. The highest BCUT2D eigenvalue weighted by Crippen LogP contribution is 2.42. The summed E-state index contributed by atoms with van der Waals surface area (Å²) in [7, 11) is 1.67. The van der Waals surface area contributed by atoms with E-state index in [0.29, 0.717) is 32.6 Å². The molecular formula is C17H14Cl2N4O2. The van der Waals surface area contributed by atoms with E-state index in [1.807, 2.05) is 0 Å². The molecule has 2 aromatic carbocycles. The van der Waals surface area contributed by atoms with E-state index in [-0.39, 0.29) is 11.6 Å². The van der Waals surface area contributed by atoms with E-state index in [1.165, 1.54) is 4.68 Å². The maximum atomic E-state index is 9.52. The summed E-state index contributed by atoms with van der Waals surface area (Å²) in [5.41, 5.74) is 8.57. The maximum Gasteiger partial charge on any atom is 0.189 e. The molecule has 0 radical (unpaired) electrons. The number of halogens is 2. The van der Waals surface area contributed by atoms with Crippen molar-refractivity contribution in [3.8, 4) is 28.1 Å². The van der Waals surface area contributed by atoms with Crippen molar-refractivity contribution in [1.29, 1.82) is 0 Å². The number of aryl methyl sites for hydroxylation is 1. The summed E-state index contributed by atoms with van der Waals surface area (Å²) in [6, 6.07) is 11.6. The zero-order valence-electron chi connectivity index (χ0n) is 13.1. The summed E-state index contributed by atoms with van der Waals surface area (Å²) in [5, 5.41) is 27.1. The van der Waals surface area contributed by atoms with Crippen molar-refractivity contribution in [1.82, 2.24) is 9.78 Å². The molecule has 0 amide bonds. The molecule has 8 heteroatoms. The smallest absolute Gasteiger partial charge is 0.189 e. The predicted molar refractivity (Wildman–Crippen MR) is 98.3 cm³/mol. The Balaban J connectivity index is 2.40. The molecule has 1 heterocycles. The number of hydrogen-bond acceptors (Lipinski definition) is 4. The molecule has 0 saturated heterocycles. The normalized spacial score (nSPS) is 11.7. The number of amidine groups is 1. The highest BCUT2D eigenvalue weighted by Gasteiger charge is 2.25. The minimum atomic E-state index is -0.119. The lowest BCUT2D eigenvalue weighted by Gasteiger charge is -2.10. The van der Waals surface area contributed by atoms with Crippen LogP contribution in [0.5, 0.6) is 5.75 Å². The molecule has 128 valence electrons. The van der Waals surface area contributed by atoms with Crippen molar-refractivity contribution < 1.29 is 10.3 Å². The van der Waals surface area contributed by atoms with Crippen molar-refractivity contribution in [2.45, 2.75) is 0 Å². The first-order chi connectivity index (χ1) is 11.9. The van der Waals surface area contributed by atoms with Gasteiger partial charge in [0.05, 0.1) is 10.0 Å². The first kappa shape index (κ1) is 17.1. The molecule has 1 aromatic heterocycles. The van der Waals surface area contributed by atoms with Gasteiger partial charge in [-0.3, -0.25) is 4.68 Å². The van der Waals surface area contributed by atoms with Crippen LogP contribution in [0.25, 0.3) is 22.4 Å². The van der Waals surface area contributed by atoms with Gasteiger partial charge in [-0.2, -0.15) is 5.10 Å². The molecule has 0 atom stereocenters. The lowest BCUT2D eigenvalue weighted by Crippen LogP contribution is -2.18. The van der Waals surface area contributed by atoms with E-state index in [4.69, 9.17) is 34.1 Å². The second-order valence-electron chi connectivity index (χ2n) is 5.32. The van der Waals surface area contributed by atoms with Crippen LogP contribution in [-0.4, -0.2) is 25.9 Å². The number of phenolic OH excluding ortho intramolecular Hbond substituents is 1. The molecule has 0 saturated carbocycles. The average Bonchev–Trinajstić information content (AvgIpc) is 2.92. The van der Waals surface area contributed by atoms with Gasteiger partial charge in [0.1, 0.15) is 17.1 Å². The fraction of sp³-hybridized carbons (Fsp3) is 0.0588. The van der Waals surface area contributed by atoms with Crippen molar-refractivity contribution in [3.63, 3.8) is 0 Å². The summed E-state index contributed by atoms with van der Waals surface area (Å²) in [6.07, 6.45) is 0. The number of oxime groups is 1. The highest BCUT2D eigenvalue weighted by atomic mass is 35.5. The Kier molecular flexibility index (Phi) is 4.57. The van der Waals surface area contributed by atoms with Gasteiger partial charge in [-0.1, -0.05) is 34.4 Å². The summed E-state index contributed by atoms with van der Waals surface area (Å²) < 4.78 is 1.49. The van der Waals surface area contributed by atoms with Gasteiger partial charge in [0.25, 0.3) is 0 Å². The van der Waals surface area contributed by atoms with E-state index in [9.17, 15) is 5.11 Å². The lowest BCUT2D eigenvalue weighted by atomic mass is 9.98. The van der Waals surface area contributed by atoms with Crippen LogP contribution in [0.1, 0.15) is 5.69 Å². The number of aromatic nitrogens is 2. The fourth-order valence-electron chi connectivity index (χ4n) is 2.66. The molecule has 25 heavy (non-hydrogen) atoms. The predicted octanol–water partition coefficient (Wildman–Crippen LogP) is 3.86. The van der Waals surface area contributed by atoms with Gasteiger partial charge in [0, 0.05) is 23.7 Å². The summed E-state index contributed by atoms with van der Waals surface area (Å²) in [4.78, 5) is 0. The van der Waals surface area contributed by atoms with E-state index >= 15 is 0 Å². The van der Waals surface area contributed by atoms with Crippen LogP contribution in [0, 0.1) is 0 Å². The lowest BCUT2D eigenvalue weighted by molar-refractivity contribution is 0.318. The first-order valence-corrected chi connectivity index (χ1v) is 7.98. The van der Waals surface area contributed by atoms with E-state index < -0.39 is 0 Å². The van der Waals surface area contributed by atoms with Crippen LogP contribution in [0.4, 0.5) is 0 Å². The van der Waals surface area contributed by atoms with Gasteiger partial charge >= 0.3 is 0 Å².